The maximum absolute atomic E-state index is 12.5. The van der Waals surface area contributed by atoms with E-state index in [9.17, 15) is 15.0 Å². The maximum Gasteiger partial charge on any atom is 0.407 e. The lowest BCUT2D eigenvalue weighted by molar-refractivity contribution is 0.0415. The summed E-state index contributed by atoms with van der Waals surface area (Å²) in [6, 6.07) is 19.2. The second-order valence-electron chi connectivity index (χ2n) is 12.3. The van der Waals surface area contributed by atoms with Crippen molar-refractivity contribution in [1.29, 1.82) is 0 Å². The molecular formula is C31H49N3O4. The van der Waals surface area contributed by atoms with E-state index < -0.39 is 29.9 Å². The van der Waals surface area contributed by atoms with Gasteiger partial charge in [0.25, 0.3) is 0 Å². The van der Waals surface area contributed by atoms with E-state index in [4.69, 9.17) is 4.74 Å². The smallest absolute Gasteiger partial charge is 0.407 e. The highest BCUT2D eigenvalue weighted by atomic mass is 16.6. The molecule has 0 aliphatic carbocycles. The predicted molar refractivity (Wildman–Crippen MR) is 154 cm³/mol. The number of amides is 1. The first-order chi connectivity index (χ1) is 17.8. The molecule has 0 saturated carbocycles. The van der Waals surface area contributed by atoms with Crippen LogP contribution in [0.25, 0.3) is 0 Å². The minimum absolute atomic E-state index is 0.135. The van der Waals surface area contributed by atoms with Crippen molar-refractivity contribution in [2.75, 3.05) is 19.6 Å². The van der Waals surface area contributed by atoms with Crippen LogP contribution in [0.2, 0.25) is 0 Å². The lowest BCUT2D eigenvalue weighted by Gasteiger charge is -2.29. The molecule has 7 heteroatoms. The molecule has 0 aliphatic rings. The van der Waals surface area contributed by atoms with Gasteiger partial charge in [0, 0.05) is 19.1 Å². The van der Waals surface area contributed by atoms with Gasteiger partial charge in [-0.3, -0.25) is 0 Å². The van der Waals surface area contributed by atoms with Crippen molar-refractivity contribution in [3.63, 3.8) is 0 Å². The van der Waals surface area contributed by atoms with Gasteiger partial charge in [-0.15, -0.1) is 0 Å². The summed E-state index contributed by atoms with van der Waals surface area (Å²) in [6.07, 6.45) is 0.0480. The Morgan fingerprint density at radius 2 is 1.26 bits per heavy atom. The highest BCUT2D eigenvalue weighted by molar-refractivity contribution is 5.68. The van der Waals surface area contributed by atoms with Crippen molar-refractivity contribution < 1.29 is 19.7 Å². The molecule has 0 fully saturated rings. The number of carbonyl (C=O) groups excluding carboxylic acids is 1. The number of rotatable bonds is 14. The second-order valence-corrected chi connectivity index (χ2v) is 12.3. The molecule has 1 unspecified atom stereocenters. The van der Waals surface area contributed by atoms with E-state index in [0.717, 1.165) is 24.1 Å². The van der Waals surface area contributed by atoms with E-state index in [1.54, 1.807) is 20.8 Å². The summed E-state index contributed by atoms with van der Waals surface area (Å²) in [4.78, 5) is 12.5. The van der Waals surface area contributed by atoms with Crippen molar-refractivity contribution in [2.24, 2.45) is 5.41 Å². The van der Waals surface area contributed by atoms with Crippen LogP contribution in [0, 0.1) is 5.41 Å². The summed E-state index contributed by atoms with van der Waals surface area (Å²) in [6.45, 7) is 13.4. The van der Waals surface area contributed by atoms with Crippen LogP contribution in [0.3, 0.4) is 0 Å². The average Bonchev–Trinajstić information content (AvgIpc) is 2.82. The first-order valence-electron chi connectivity index (χ1n) is 13.7. The summed E-state index contributed by atoms with van der Waals surface area (Å²) in [5.41, 5.74) is 1.72. The van der Waals surface area contributed by atoms with Crippen LogP contribution in [-0.2, 0) is 17.6 Å². The molecule has 0 spiro atoms. The number of nitrogens with one attached hydrogen (secondary N) is 3. The summed E-state index contributed by atoms with van der Waals surface area (Å²) in [5.74, 6) is 0. The number of hydrogen-bond donors (Lipinski definition) is 5. The Balaban J connectivity index is 1.98. The molecule has 2 aromatic carbocycles. The van der Waals surface area contributed by atoms with Crippen LogP contribution in [0.15, 0.2) is 60.7 Å². The van der Waals surface area contributed by atoms with Crippen LogP contribution in [-0.4, -0.2) is 65.8 Å². The zero-order valence-corrected chi connectivity index (χ0v) is 24.0. The first-order valence-corrected chi connectivity index (χ1v) is 13.7. The summed E-state index contributed by atoms with van der Waals surface area (Å²) in [5, 5.41) is 31.7. The standard InChI is InChI=1S/C31H49N3O4/c1-30(2,3)17-18-33-25(19-23-13-9-7-10-14-23)27(35)21-32-22-28(36)26(20-24-15-11-8-12-16-24)34-29(37)38-31(4,5)6/h7-16,25-28,32-33,35-36H,17-22H2,1-6H3,(H,34,37)/t25-,26+,27?,28+/m1/s1. The van der Waals surface area contributed by atoms with Gasteiger partial charge in [0.15, 0.2) is 0 Å². The summed E-state index contributed by atoms with van der Waals surface area (Å²) in [7, 11) is 0. The van der Waals surface area contributed by atoms with Gasteiger partial charge >= 0.3 is 6.09 Å². The monoisotopic (exact) mass is 527 g/mol. The van der Waals surface area contributed by atoms with E-state index in [-0.39, 0.29) is 18.0 Å². The third-order valence-corrected chi connectivity index (χ3v) is 6.22. The topological polar surface area (TPSA) is 103 Å². The molecule has 2 rings (SSSR count). The lowest BCUT2D eigenvalue weighted by Crippen LogP contribution is -2.52. The van der Waals surface area contributed by atoms with Crippen LogP contribution in [0.5, 0.6) is 0 Å². The molecule has 0 saturated heterocycles. The molecule has 1 amide bonds. The highest BCUT2D eigenvalue weighted by Gasteiger charge is 2.26. The van der Waals surface area contributed by atoms with Gasteiger partial charge in [0.1, 0.15) is 5.60 Å². The zero-order valence-electron chi connectivity index (χ0n) is 24.0. The molecule has 2 aromatic rings. The van der Waals surface area contributed by atoms with Crippen LogP contribution in [0.1, 0.15) is 59.1 Å². The van der Waals surface area contributed by atoms with Gasteiger partial charge in [0.2, 0.25) is 0 Å². The minimum Gasteiger partial charge on any atom is -0.444 e. The average molecular weight is 528 g/mol. The van der Waals surface area contributed by atoms with Gasteiger partial charge in [-0.25, -0.2) is 4.79 Å². The Morgan fingerprint density at radius 1 is 0.789 bits per heavy atom. The van der Waals surface area contributed by atoms with E-state index >= 15 is 0 Å². The number of benzene rings is 2. The normalized spacial score (nSPS) is 15.4. The van der Waals surface area contributed by atoms with Crippen molar-refractivity contribution in [3.05, 3.63) is 71.8 Å². The molecule has 212 valence electrons. The van der Waals surface area contributed by atoms with Gasteiger partial charge in [-0.1, -0.05) is 81.4 Å². The number of alkyl carbamates (subject to hydrolysis) is 1. The maximum atomic E-state index is 12.5. The van der Waals surface area contributed by atoms with Crippen molar-refractivity contribution in [1.82, 2.24) is 16.0 Å². The number of ether oxygens (including phenoxy) is 1. The Bertz CT molecular complexity index is 926. The van der Waals surface area contributed by atoms with E-state index in [1.165, 1.54) is 0 Å². The molecule has 0 bridgehead atoms. The fourth-order valence-corrected chi connectivity index (χ4v) is 4.12. The number of carbonyl (C=O) groups is 1. The van der Waals surface area contributed by atoms with Gasteiger partial charge in [-0.2, -0.15) is 0 Å². The third kappa shape index (κ3) is 13.4. The predicted octanol–water partition coefficient (Wildman–Crippen LogP) is 4.07. The van der Waals surface area contributed by atoms with Crippen LogP contribution < -0.4 is 16.0 Å². The molecule has 0 aliphatic heterocycles. The van der Waals surface area contributed by atoms with Crippen LogP contribution in [0.4, 0.5) is 4.79 Å². The Labute approximate surface area is 229 Å². The number of aliphatic hydroxyl groups is 2. The molecule has 38 heavy (non-hydrogen) atoms. The number of hydrogen-bond acceptors (Lipinski definition) is 6. The number of aliphatic hydroxyl groups excluding tert-OH is 2. The Kier molecular flexibility index (Phi) is 12.7. The molecule has 5 N–H and O–H groups in total. The molecular weight excluding hydrogens is 478 g/mol. The van der Waals surface area contributed by atoms with E-state index in [2.05, 4.69) is 48.9 Å². The first kappa shape index (κ1) is 31.8. The van der Waals surface area contributed by atoms with E-state index in [1.807, 2.05) is 48.5 Å². The Hall–Kier alpha value is -2.45. The van der Waals surface area contributed by atoms with Crippen molar-refractivity contribution >= 4 is 6.09 Å². The van der Waals surface area contributed by atoms with E-state index in [0.29, 0.717) is 19.4 Å². The van der Waals surface area contributed by atoms with Crippen molar-refractivity contribution in [2.45, 2.75) is 90.7 Å². The molecule has 7 nitrogen and oxygen atoms in total. The quantitative estimate of drug-likeness (QED) is 0.254. The SMILES string of the molecule is CC(C)(C)CCN[C@H](Cc1ccccc1)C(O)CNC[C@H](O)[C@H](Cc1ccccc1)NC(=O)OC(C)(C)C. The Morgan fingerprint density at radius 3 is 1.74 bits per heavy atom. The lowest BCUT2D eigenvalue weighted by atomic mass is 9.92. The minimum atomic E-state index is -0.878. The van der Waals surface area contributed by atoms with Crippen molar-refractivity contribution in [3.8, 4) is 0 Å². The zero-order chi connectivity index (χ0) is 28.2. The fraction of sp³-hybridized carbons (Fsp3) is 0.581. The van der Waals surface area contributed by atoms with Gasteiger partial charge in [0.05, 0.1) is 18.2 Å². The fourth-order valence-electron chi connectivity index (χ4n) is 4.12. The van der Waals surface area contributed by atoms with Gasteiger partial charge < -0.3 is 30.9 Å². The third-order valence-electron chi connectivity index (χ3n) is 6.22. The molecule has 0 aromatic heterocycles. The summed E-state index contributed by atoms with van der Waals surface area (Å²) >= 11 is 0. The molecule has 4 atom stereocenters. The second kappa shape index (κ2) is 15.2. The van der Waals surface area contributed by atoms with Gasteiger partial charge in [-0.05, 0) is 63.1 Å². The van der Waals surface area contributed by atoms with Crippen LogP contribution >= 0.6 is 0 Å². The highest BCUT2D eigenvalue weighted by Crippen LogP contribution is 2.18. The molecule has 0 heterocycles. The molecule has 0 radical (unpaired) electrons. The summed E-state index contributed by atoms with van der Waals surface area (Å²) < 4.78 is 5.42. The largest absolute Gasteiger partial charge is 0.444 e.